The average molecular weight is 686 g/mol. The van der Waals surface area contributed by atoms with E-state index in [-0.39, 0.29) is 10.8 Å². The molecule has 1 aromatic heterocycles. The monoisotopic (exact) mass is 685 g/mol. The number of nitrogens with one attached hydrogen (secondary N) is 2. The molecule has 1 atom stereocenters. The summed E-state index contributed by atoms with van der Waals surface area (Å²) in [5.41, 5.74) is -3.36. The summed E-state index contributed by atoms with van der Waals surface area (Å²) in [4.78, 5) is 47.3. The highest BCUT2D eigenvalue weighted by molar-refractivity contribution is 7.80. The number of rotatable bonds is 13. The van der Waals surface area contributed by atoms with E-state index < -0.39 is 76.4 Å². The molecule has 16 heteroatoms. The minimum Gasteiger partial charge on any atom is -0.479 e. The van der Waals surface area contributed by atoms with Crippen molar-refractivity contribution in [3.63, 3.8) is 0 Å². The zero-order valence-corrected chi connectivity index (χ0v) is 25.6. The Hall–Kier alpha value is -5.16. The maximum atomic E-state index is 13.8. The Kier molecular flexibility index (Phi) is 7.34. The highest BCUT2D eigenvalue weighted by Gasteiger charge is 2.58. The van der Waals surface area contributed by atoms with Gasteiger partial charge in [0.25, 0.3) is 11.8 Å². The molecule has 0 spiro atoms. The van der Waals surface area contributed by atoms with Crippen molar-refractivity contribution in [2.75, 3.05) is 11.9 Å². The summed E-state index contributed by atoms with van der Waals surface area (Å²) in [5.74, 6) is -4.63. The molecule has 2 heterocycles. The van der Waals surface area contributed by atoms with Crippen LogP contribution >= 0.6 is 11.3 Å². The van der Waals surface area contributed by atoms with Crippen LogP contribution in [0.4, 0.5) is 5.13 Å². The minimum absolute atomic E-state index is 0.182. The van der Waals surface area contributed by atoms with Crippen molar-refractivity contribution in [1.82, 2.24) is 15.4 Å². The summed E-state index contributed by atoms with van der Waals surface area (Å²) in [5, 5.41) is 19.0. The second-order valence-corrected chi connectivity index (χ2v) is 11.8. The molecule has 1 unspecified atom stereocenters. The van der Waals surface area contributed by atoms with Crippen molar-refractivity contribution in [3.05, 3.63) is 119 Å². The van der Waals surface area contributed by atoms with Crippen molar-refractivity contribution in [1.29, 1.82) is 0 Å². The summed E-state index contributed by atoms with van der Waals surface area (Å²) in [6.45, 7) is -8.59. The summed E-state index contributed by atoms with van der Waals surface area (Å²) in [7, 11) is -5.64. The molecule has 0 saturated carbocycles. The number of benzene rings is 3. The topological polar surface area (TPSA) is 197 Å². The van der Waals surface area contributed by atoms with Gasteiger partial charge in [-0.05, 0) is 30.4 Å². The predicted octanol–water partition coefficient (Wildman–Crippen LogP) is 3.19. The molecule has 5 rings (SSSR count). The highest BCUT2D eigenvalue weighted by atomic mass is 32.3. The van der Waals surface area contributed by atoms with Gasteiger partial charge in [-0.2, -0.15) is 13.5 Å². The largest absolute Gasteiger partial charge is 0.479 e. The number of carbonyl (C=O) groups is 3. The molecule has 244 valence electrons. The smallest absolute Gasteiger partial charge is 0.418 e. The zero-order valence-electron chi connectivity index (χ0n) is 29.9. The standard InChI is InChI=1S/C31H29N5O9S2/c1-30(2)26(28(40)36(30)45-47(41,42)43)33-27(39)25(35-44-18-24(37)38)23-19-46-29(32-23)34-31(20-12-6-3-7-13-20,21-14-8-4-9-15-21)22-16-10-5-11-17-22/h3-17,19,26H,18H2,1-2H3,(H,32,34)(H,33,39)(H,37,38)(H,41,42,43)/i1D3,2D3. The maximum Gasteiger partial charge on any atom is 0.418 e. The van der Waals surface area contributed by atoms with Crippen LogP contribution in [0.1, 0.15) is 44.3 Å². The number of β-lactam (4-membered cyclic amide) rings is 1. The molecule has 1 aliphatic heterocycles. The Balaban J connectivity index is 1.58. The first kappa shape index (κ1) is 26.0. The molecule has 1 aliphatic rings. The van der Waals surface area contributed by atoms with Gasteiger partial charge in [0.15, 0.2) is 10.8 Å². The molecule has 0 bridgehead atoms. The number of amides is 2. The summed E-state index contributed by atoms with van der Waals surface area (Å²) in [6.07, 6.45) is 0. The van der Waals surface area contributed by atoms with Crippen LogP contribution in [0.2, 0.25) is 0 Å². The normalized spacial score (nSPS) is 18.7. The fourth-order valence-electron chi connectivity index (χ4n) is 4.81. The molecule has 0 aliphatic carbocycles. The number of hydrogen-bond donors (Lipinski definition) is 4. The molecule has 1 fully saturated rings. The Morgan fingerprint density at radius 2 is 1.55 bits per heavy atom. The van der Waals surface area contributed by atoms with E-state index in [1.54, 1.807) is 0 Å². The molecule has 47 heavy (non-hydrogen) atoms. The molecule has 4 aromatic rings. The second-order valence-electron chi connectivity index (χ2n) is 9.93. The second kappa shape index (κ2) is 13.3. The molecule has 0 radical (unpaired) electrons. The van der Waals surface area contributed by atoms with Crippen LogP contribution in [0, 0.1) is 0 Å². The van der Waals surface area contributed by atoms with Crippen LogP contribution in [0.5, 0.6) is 0 Å². The van der Waals surface area contributed by atoms with Gasteiger partial charge >= 0.3 is 16.4 Å². The number of carboxylic acids is 1. The van der Waals surface area contributed by atoms with Crippen molar-refractivity contribution >= 4 is 50.4 Å². The van der Waals surface area contributed by atoms with Crippen molar-refractivity contribution in [3.8, 4) is 0 Å². The van der Waals surface area contributed by atoms with Crippen LogP contribution < -0.4 is 10.6 Å². The lowest BCUT2D eigenvalue weighted by Crippen LogP contribution is -2.76. The lowest BCUT2D eigenvalue weighted by molar-refractivity contribution is -0.218. The Labute approximate surface area is 282 Å². The van der Waals surface area contributed by atoms with E-state index in [2.05, 4.69) is 19.7 Å². The van der Waals surface area contributed by atoms with E-state index in [1.165, 1.54) is 5.38 Å². The average Bonchev–Trinajstić information content (AvgIpc) is 3.55. The van der Waals surface area contributed by atoms with Crippen molar-refractivity contribution in [2.24, 2.45) is 5.16 Å². The number of anilines is 1. The zero-order chi connectivity index (χ0) is 38.8. The lowest BCUT2D eigenvalue weighted by atomic mass is 9.77. The third-order valence-electron chi connectivity index (χ3n) is 6.85. The maximum absolute atomic E-state index is 13.8. The number of oxime groups is 1. The fourth-order valence-corrected chi connectivity index (χ4v) is 5.94. The first-order valence-corrected chi connectivity index (χ1v) is 15.7. The number of thiazole rings is 1. The molecular weight excluding hydrogens is 651 g/mol. The van der Waals surface area contributed by atoms with Crippen LogP contribution in [-0.4, -0.2) is 69.8 Å². The van der Waals surface area contributed by atoms with Crippen molar-refractivity contribution in [2.45, 2.75) is 30.8 Å². The number of aliphatic carboxylic acids is 1. The Bertz CT molecular complexity index is 2010. The third-order valence-corrected chi connectivity index (χ3v) is 7.95. The number of nitrogens with zero attached hydrogens (tertiary/aromatic N) is 3. The number of hydrogen-bond acceptors (Lipinski definition) is 11. The summed E-state index contributed by atoms with van der Waals surface area (Å²) >= 11 is 0.976. The Morgan fingerprint density at radius 3 is 2.02 bits per heavy atom. The SMILES string of the molecule is [2H]C([2H])([2H])C1(C([2H])([2H])[2H])C(NC(=O)C(=NOCC(=O)O)c2csc(NC(c3ccccc3)(c3ccccc3)c3ccccc3)n2)C(=O)N1OS(=O)(=O)O. The quantitative estimate of drug-likeness (QED) is 0.0530. The number of carbonyl (C=O) groups excluding carboxylic acids is 2. The highest BCUT2D eigenvalue weighted by Crippen LogP contribution is 2.40. The first-order chi connectivity index (χ1) is 24.8. The number of hydroxylamine groups is 2. The molecule has 2 amide bonds. The van der Waals surface area contributed by atoms with Crippen LogP contribution in [0.25, 0.3) is 0 Å². The first-order valence-electron chi connectivity index (χ1n) is 16.5. The van der Waals surface area contributed by atoms with Gasteiger partial charge in [0, 0.05) is 13.6 Å². The minimum atomic E-state index is -5.64. The van der Waals surface area contributed by atoms with E-state index in [4.69, 9.17) is 18.2 Å². The van der Waals surface area contributed by atoms with Crippen LogP contribution in [-0.2, 0) is 39.4 Å². The molecule has 1 saturated heterocycles. The van der Waals surface area contributed by atoms with Gasteiger partial charge in [0.05, 0.1) is 5.54 Å². The van der Waals surface area contributed by atoms with E-state index in [0.29, 0.717) is 0 Å². The fraction of sp³-hybridized carbons (Fsp3) is 0.194. The van der Waals surface area contributed by atoms with Gasteiger partial charge in [-0.15, -0.1) is 15.6 Å². The molecule has 3 aromatic carbocycles. The molecule has 4 N–H and O–H groups in total. The van der Waals surface area contributed by atoms with E-state index in [0.717, 1.165) is 28.0 Å². The number of carboxylic acid groups (broad SMARTS) is 1. The number of aromatic nitrogens is 1. The van der Waals surface area contributed by atoms with Gasteiger partial charge in [-0.3, -0.25) is 14.1 Å². The Morgan fingerprint density at radius 1 is 1.02 bits per heavy atom. The van der Waals surface area contributed by atoms with E-state index in [1.807, 2.05) is 96.3 Å². The molecular formula is C31H29N5O9S2. The van der Waals surface area contributed by atoms with Crippen molar-refractivity contribution < 1.29 is 49.8 Å². The van der Waals surface area contributed by atoms with E-state index in [9.17, 15) is 27.4 Å². The summed E-state index contributed by atoms with van der Waals surface area (Å²) < 4.78 is 84.0. The van der Waals surface area contributed by atoms with Crippen LogP contribution in [0.15, 0.2) is 102 Å². The van der Waals surface area contributed by atoms with Gasteiger partial charge < -0.3 is 20.6 Å². The van der Waals surface area contributed by atoms with Gasteiger partial charge in [0.1, 0.15) is 17.3 Å². The lowest BCUT2D eigenvalue weighted by Gasteiger charge is -2.50. The van der Waals surface area contributed by atoms with Gasteiger partial charge in [0.2, 0.25) is 6.61 Å². The third kappa shape index (κ3) is 7.00. The summed E-state index contributed by atoms with van der Waals surface area (Å²) in [6, 6.07) is 25.5. The van der Waals surface area contributed by atoms with Gasteiger partial charge in [-0.25, -0.2) is 9.78 Å². The predicted molar refractivity (Wildman–Crippen MR) is 171 cm³/mol. The van der Waals surface area contributed by atoms with Gasteiger partial charge in [-0.1, -0.05) is 96.2 Å². The van der Waals surface area contributed by atoms with E-state index >= 15 is 0 Å². The van der Waals surface area contributed by atoms with Crippen LogP contribution in [0.3, 0.4) is 0 Å². The molecule has 14 nitrogen and oxygen atoms in total.